The third kappa shape index (κ3) is 6.30. The lowest BCUT2D eigenvalue weighted by Crippen LogP contribution is -2.44. The van der Waals surface area contributed by atoms with Gasteiger partial charge in [0.05, 0.1) is 21.7 Å². The zero-order valence-electron chi connectivity index (χ0n) is 18.3. The van der Waals surface area contributed by atoms with Crippen molar-refractivity contribution in [1.29, 1.82) is 0 Å². The minimum atomic E-state index is -3.61. The van der Waals surface area contributed by atoms with Crippen molar-refractivity contribution in [3.63, 3.8) is 0 Å². The molecule has 1 atom stereocenters. The van der Waals surface area contributed by atoms with Crippen molar-refractivity contribution in [2.45, 2.75) is 18.6 Å². The molecular weight excluding hydrogens is 495 g/mol. The van der Waals surface area contributed by atoms with Gasteiger partial charge in [-0.3, -0.25) is 4.79 Å². The maximum atomic E-state index is 13.0. The average molecular weight is 519 g/mol. The molecule has 4 rings (SSSR count). The summed E-state index contributed by atoms with van der Waals surface area (Å²) in [5.74, 6) is 0.551. The minimum Gasteiger partial charge on any atom is -0.457 e. The molecule has 1 fully saturated rings. The van der Waals surface area contributed by atoms with E-state index in [-0.39, 0.29) is 18.2 Å². The fourth-order valence-electron chi connectivity index (χ4n) is 3.82. The predicted molar refractivity (Wildman–Crippen MR) is 135 cm³/mol. The molecule has 0 aromatic heterocycles. The Morgan fingerprint density at radius 2 is 1.68 bits per heavy atom. The summed E-state index contributed by atoms with van der Waals surface area (Å²) in [5.41, 5.74) is 1.18. The van der Waals surface area contributed by atoms with Crippen molar-refractivity contribution in [3.05, 3.63) is 88.4 Å². The summed E-state index contributed by atoms with van der Waals surface area (Å²) < 4.78 is 33.1. The van der Waals surface area contributed by atoms with Gasteiger partial charge in [-0.05, 0) is 66.9 Å². The average Bonchev–Trinajstić information content (AvgIpc) is 2.83. The first-order valence-electron chi connectivity index (χ1n) is 10.9. The number of anilines is 1. The number of amides is 1. The molecule has 0 bridgehead atoms. The summed E-state index contributed by atoms with van der Waals surface area (Å²) in [6.07, 6.45) is 1.24. The van der Waals surface area contributed by atoms with Crippen LogP contribution in [-0.2, 0) is 20.6 Å². The summed E-state index contributed by atoms with van der Waals surface area (Å²) in [6, 6.07) is 21.3. The van der Waals surface area contributed by atoms with Crippen LogP contribution in [0.3, 0.4) is 0 Å². The second kappa shape index (κ2) is 10.8. The minimum absolute atomic E-state index is 0.144. The second-order valence-electron chi connectivity index (χ2n) is 8.13. The van der Waals surface area contributed by atoms with Gasteiger partial charge < -0.3 is 10.1 Å². The number of nitrogens with zero attached hydrogens (tertiary/aromatic N) is 1. The zero-order chi connectivity index (χ0) is 24.1. The molecule has 0 radical (unpaired) electrons. The van der Waals surface area contributed by atoms with E-state index in [0.717, 1.165) is 5.75 Å². The Balaban J connectivity index is 1.36. The number of nitrogens with one attached hydrogen (secondary N) is 1. The lowest BCUT2D eigenvalue weighted by molar-refractivity contribution is -0.120. The van der Waals surface area contributed by atoms with E-state index in [1.54, 1.807) is 42.5 Å². The van der Waals surface area contributed by atoms with Crippen molar-refractivity contribution in [3.8, 4) is 11.5 Å². The third-order valence-corrected chi connectivity index (χ3v) is 8.14. The summed E-state index contributed by atoms with van der Waals surface area (Å²) in [5, 5.41) is 3.57. The van der Waals surface area contributed by atoms with Crippen LogP contribution >= 0.6 is 23.2 Å². The van der Waals surface area contributed by atoms with Crippen LogP contribution in [0.4, 0.5) is 5.69 Å². The van der Waals surface area contributed by atoms with Gasteiger partial charge in [-0.25, -0.2) is 12.7 Å². The lowest BCUT2D eigenvalue weighted by Gasteiger charge is -2.31. The van der Waals surface area contributed by atoms with Gasteiger partial charge >= 0.3 is 0 Å². The Kier molecular flexibility index (Phi) is 7.78. The van der Waals surface area contributed by atoms with Crippen molar-refractivity contribution in [1.82, 2.24) is 4.31 Å². The van der Waals surface area contributed by atoms with E-state index in [1.807, 2.05) is 30.3 Å². The van der Waals surface area contributed by atoms with Gasteiger partial charge in [0.1, 0.15) is 11.5 Å². The van der Waals surface area contributed by atoms with Crippen molar-refractivity contribution < 1.29 is 17.9 Å². The molecule has 1 N–H and O–H groups in total. The van der Waals surface area contributed by atoms with Gasteiger partial charge in [0, 0.05) is 18.8 Å². The number of benzene rings is 3. The SMILES string of the molecule is O=C(Nc1ccc(Oc2ccccc2)cc1)[C@@H]1CCCN(S(=O)(=O)Cc2ccc(Cl)c(Cl)c2)C1. The van der Waals surface area contributed by atoms with Gasteiger partial charge in [0.25, 0.3) is 0 Å². The molecule has 9 heteroatoms. The first-order chi connectivity index (χ1) is 16.3. The number of para-hydroxylation sites is 1. The summed E-state index contributed by atoms with van der Waals surface area (Å²) in [6.45, 7) is 0.531. The normalized spacial score (nSPS) is 16.7. The Morgan fingerprint density at radius 1 is 0.971 bits per heavy atom. The number of sulfonamides is 1. The predicted octanol–water partition coefficient (Wildman–Crippen LogP) is 5.97. The van der Waals surface area contributed by atoms with Crippen LogP contribution in [-0.4, -0.2) is 31.7 Å². The first-order valence-corrected chi connectivity index (χ1v) is 13.2. The van der Waals surface area contributed by atoms with Crippen LogP contribution in [0.15, 0.2) is 72.8 Å². The monoisotopic (exact) mass is 518 g/mol. The standard InChI is InChI=1S/C25H24Cl2N2O4S/c26-23-13-8-18(15-24(23)27)17-34(31,32)29-14-4-5-19(16-29)25(30)28-20-9-11-22(12-10-20)33-21-6-2-1-3-7-21/h1-3,6-13,15,19H,4-5,14,16-17H2,(H,28,30)/t19-/m1/s1. The molecule has 178 valence electrons. The fourth-order valence-corrected chi connectivity index (χ4v) is 5.73. The number of halogens is 2. The smallest absolute Gasteiger partial charge is 0.228 e. The van der Waals surface area contributed by atoms with Gasteiger partial charge in [0.2, 0.25) is 15.9 Å². The maximum absolute atomic E-state index is 13.0. The molecule has 1 amide bonds. The highest BCUT2D eigenvalue weighted by Gasteiger charge is 2.32. The number of carbonyl (C=O) groups is 1. The molecule has 3 aromatic carbocycles. The summed E-state index contributed by atoms with van der Waals surface area (Å²) >= 11 is 11.9. The molecular formula is C25H24Cl2N2O4S. The fraction of sp³-hybridized carbons (Fsp3) is 0.240. The summed E-state index contributed by atoms with van der Waals surface area (Å²) in [7, 11) is -3.61. The molecule has 1 heterocycles. The summed E-state index contributed by atoms with van der Waals surface area (Å²) in [4.78, 5) is 12.9. The quantitative estimate of drug-likeness (QED) is 0.418. The highest BCUT2D eigenvalue weighted by molar-refractivity contribution is 7.88. The van der Waals surface area contributed by atoms with Crippen LogP contribution in [0, 0.1) is 5.92 Å². The molecule has 0 spiro atoms. The zero-order valence-corrected chi connectivity index (χ0v) is 20.6. The first kappa shape index (κ1) is 24.5. The van der Waals surface area contributed by atoms with Crippen LogP contribution < -0.4 is 10.1 Å². The third-order valence-electron chi connectivity index (χ3n) is 5.58. The Morgan fingerprint density at radius 3 is 2.38 bits per heavy atom. The molecule has 0 aliphatic carbocycles. The van der Waals surface area contributed by atoms with Gasteiger partial charge in [-0.15, -0.1) is 0 Å². The molecule has 0 saturated carbocycles. The Labute approximate surface area is 209 Å². The van der Waals surface area contributed by atoms with Crippen molar-refractivity contribution in [2.24, 2.45) is 5.92 Å². The van der Waals surface area contributed by atoms with Crippen LogP contribution in [0.5, 0.6) is 11.5 Å². The van der Waals surface area contributed by atoms with E-state index in [2.05, 4.69) is 5.32 Å². The van der Waals surface area contributed by atoms with Crippen molar-refractivity contribution >= 4 is 44.8 Å². The maximum Gasteiger partial charge on any atom is 0.228 e. The largest absolute Gasteiger partial charge is 0.457 e. The van der Waals surface area contributed by atoms with E-state index in [9.17, 15) is 13.2 Å². The van der Waals surface area contributed by atoms with Crippen LogP contribution in [0.25, 0.3) is 0 Å². The highest BCUT2D eigenvalue weighted by atomic mass is 35.5. The Hall–Kier alpha value is -2.58. The second-order valence-corrected chi connectivity index (χ2v) is 10.9. The van der Waals surface area contributed by atoms with E-state index in [1.165, 1.54) is 4.31 Å². The van der Waals surface area contributed by atoms with Crippen molar-refractivity contribution in [2.75, 3.05) is 18.4 Å². The lowest BCUT2D eigenvalue weighted by atomic mass is 9.99. The number of hydrogen-bond acceptors (Lipinski definition) is 4. The van der Waals surface area contributed by atoms with E-state index < -0.39 is 15.9 Å². The van der Waals surface area contributed by atoms with Gasteiger partial charge in [-0.1, -0.05) is 47.5 Å². The number of piperidine rings is 1. The van der Waals surface area contributed by atoms with Crippen LogP contribution in [0.1, 0.15) is 18.4 Å². The molecule has 1 aliphatic heterocycles. The molecule has 1 saturated heterocycles. The van der Waals surface area contributed by atoms with E-state index in [4.69, 9.17) is 27.9 Å². The topological polar surface area (TPSA) is 75.7 Å². The number of carbonyl (C=O) groups excluding carboxylic acids is 1. The molecule has 34 heavy (non-hydrogen) atoms. The van der Waals surface area contributed by atoms with E-state index in [0.29, 0.717) is 46.4 Å². The number of ether oxygens (including phenoxy) is 1. The molecule has 0 unspecified atom stereocenters. The molecule has 3 aromatic rings. The van der Waals surface area contributed by atoms with Gasteiger partial charge in [0.15, 0.2) is 0 Å². The highest BCUT2D eigenvalue weighted by Crippen LogP contribution is 2.27. The number of rotatable bonds is 7. The van der Waals surface area contributed by atoms with Gasteiger partial charge in [-0.2, -0.15) is 0 Å². The molecule has 1 aliphatic rings. The van der Waals surface area contributed by atoms with Crippen LogP contribution in [0.2, 0.25) is 10.0 Å². The van der Waals surface area contributed by atoms with E-state index >= 15 is 0 Å². The Bertz CT molecular complexity index is 1250. The number of hydrogen-bond donors (Lipinski definition) is 1. The molecule has 6 nitrogen and oxygen atoms in total.